The Hall–Kier alpha value is -2.95. The second-order valence-corrected chi connectivity index (χ2v) is 23.4. The van der Waals surface area contributed by atoms with Gasteiger partial charge in [-0.3, -0.25) is 23.7 Å². The third-order valence-corrected chi connectivity index (χ3v) is 15.5. The third kappa shape index (κ3) is 16.3. The molecule has 4 aliphatic rings. The molecule has 3 N–H and O–H groups in total. The number of ketones is 3. The number of fused-ring (bicyclic) bond motifs is 3. The summed E-state index contributed by atoms with van der Waals surface area (Å²) in [6.45, 7) is 15.8. The molecule has 1 saturated heterocycles. The predicted molar refractivity (Wildman–Crippen MR) is 264 cm³/mol. The molecule has 15 nitrogen and oxygen atoms in total. The molecule has 4 rings (SSSR count). The zero-order valence-electron chi connectivity index (χ0n) is 43.3. The Kier molecular flexibility index (Phi) is 22.6. The largest absolute Gasteiger partial charge is 0.386 e. The number of carbonyl (C=O) groups excluding carboxylic acids is 4. The van der Waals surface area contributed by atoms with Crippen LogP contribution >= 0.6 is 7.37 Å². The summed E-state index contributed by atoms with van der Waals surface area (Å²) in [7, 11) is 1.78. The summed E-state index contributed by atoms with van der Waals surface area (Å²) >= 11 is 0. The van der Waals surface area contributed by atoms with E-state index < -0.39 is 85.5 Å². The third-order valence-electron chi connectivity index (χ3n) is 14.7. The summed E-state index contributed by atoms with van der Waals surface area (Å²) in [5.41, 5.74) is 1.27. The molecular formula is C53H84NO14P. The first kappa shape index (κ1) is 58.6. The van der Waals surface area contributed by atoms with Gasteiger partial charge in [-0.25, -0.2) is 0 Å². The zero-order chi connectivity index (χ0) is 51.4. The van der Waals surface area contributed by atoms with E-state index in [1.807, 2.05) is 58.1 Å². The molecule has 390 valence electrons. The lowest BCUT2D eigenvalue weighted by molar-refractivity contribution is -0.266. The Bertz CT molecular complexity index is 1940. The standard InChI is InChI=1S/C53H84NO14P/c1-32-18-14-13-15-19-33(2)44(63-8)30-40-23-21-38(7)53(61,67-40)50(58)51(59)54-25-17-16-20-41(54)52(60)66-45(35(4)28-39-22-24-43(46(29-39)64-9)68-69(11,12)62)31-42(55)34(3)27-37(6)48(57)49(65-10)47(56)36(5)26-32/h13-19,27,32,34-36,38-41,43-46,48-49,52,57,60-61H,20-26,28-31H2,1-12H3/b15-13+,18-14+,33-19+,37-27+/t32-,34-,35?,36-,38-,39+,40+,41+,43?,44+,45?,46-,48-,49+,52?,53-/m1/s1. The van der Waals surface area contributed by atoms with Gasteiger partial charge in [-0.15, -0.1) is 0 Å². The maximum Gasteiger partial charge on any atom is 0.296 e. The van der Waals surface area contributed by atoms with Crippen LogP contribution in [0.5, 0.6) is 0 Å². The van der Waals surface area contributed by atoms with Gasteiger partial charge in [-0.2, -0.15) is 0 Å². The predicted octanol–water partition coefficient (Wildman–Crippen LogP) is 7.31. The summed E-state index contributed by atoms with van der Waals surface area (Å²) in [6, 6.07) is -1.05. The minimum atomic E-state index is -2.78. The molecule has 0 radical (unpaired) electrons. The SMILES string of the molecule is CO[C@H]1C[C@@H]2CC[C@@H](C)[C@@](O)(O2)C(=O)C(=O)N2CC=CC[C@H]2C(O)OC(C(C)C[C@@H]2CCC(OP(C)(C)=O)[C@H](OC)C2)CC(=O)[C@H](C)/C=C(\C)[C@@H](O)[C@@H](OC)C(=O)[C@H](C)C[C@H](C)/C=C/C=C/C=C/1C. The number of aliphatic hydroxyl groups is 3. The van der Waals surface area contributed by atoms with Crippen molar-refractivity contribution in [2.24, 2.45) is 35.5 Å². The number of hydrogen-bond donors (Lipinski definition) is 3. The first-order chi connectivity index (χ1) is 32.4. The summed E-state index contributed by atoms with van der Waals surface area (Å²) < 4.78 is 48.4. The van der Waals surface area contributed by atoms with Gasteiger partial charge in [0.05, 0.1) is 36.6 Å². The minimum Gasteiger partial charge on any atom is -0.386 e. The fourth-order valence-electron chi connectivity index (χ4n) is 10.4. The van der Waals surface area contributed by atoms with Crippen LogP contribution in [0.4, 0.5) is 0 Å². The van der Waals surface area contributed by atoms with Gasteiger partial charge in [0.15, 0.2) is 19.4 Å². The van der Waals surface area contributed by atoms with E-state index in [2.05, 4.69) is 0 Å². The Morgan fingerprint density at radius 1 is 0.870 bits per heavy atom. The highest BCUT2D eigenvalue weighted by Gasteiger charge is 2.53. The van der Waals surface area contributed by atoms with Gasteiger partial charge in [-0.1, -0.05) is 83.2 Å². The summed E-state index contributed by atoms with van der Waals surface area (Å²) in [5.74, 6) is -7.21. The summed E-state index contributed by atoms with van der Waals surface area (Å²) in [5, 5.41) is 35.5. The lowest BCUT2D eigenvalue weighted by atomic mass is 9.78. The Labute approximate surface area is 411 Å². The highest BCUT2D eigenvalue weighted by atomic mass is 31.2. The molecule has 0 aromatic heterocycles. The van der Waals surface area contributed by atoms with E-state index in [1.54, 1.807) is 66.5 Å². The number of amides is 1. The maximum absolute atomic E-state index is 14.3. The fourth-order valence-corrected chi connectivity index (χ4v) is 11.3. The molecule has 4 unspecified atom stereocenters. The van der Waals surface area contributed by atoms with E-state index in [0.29, 0.717) is 50.5 Å². The average molecular weight is 990 g/mol. The molecule has 0 aromatic carbocycles. The maximum atomic E-state index is 14.3. The van der Waals surface area contributed by atoms with E-state index in [-0.39, 0.29) is 60.9 Å². The van der Waals surface area contributed by atoms with Gasteiger partial charge in [0.1, 0.15) is 18.0 Å². The van der Waals surface area contributed by atoms with Crippen LogP contribution < -0.4 is 0 Å². The van der Waals surface area contributed by atoms with Crippen molar-refractivity contribution in [1.82, 2.24) is 4.90 Å². The second-order valence-electron chi connectivity index (χ2n) is 20.7. The molecule has 69 heavy (non-hydrogen) atoms. The van der Waals surface area contributed by atoms with E-state index >= 15 is 0 Å². The minimum absolute atomic E-state index is 0.0144. The van der Waals surface area contributed by atoms with Crippen LogP contribution in [0.25, 0.3) is 0 Å². The summed E-state index contributed by atoms with van der Waals surface area (Å²) in [6.07, 6.45) is 12.3. The van der Waals surface area contributed by atoms with E-state index in [1.165, 1.54) is 12.0 Å². The highest BCUT2D eigenvalue weighted by Crippen LogP contribution is 2.45. The van der Waals surface area contributed by atoms with Crippen LogP contribution in [0, 0.1) is 35.5 Å². The Morgan fingerprint density at radius 2 is 1.58 bits per heavy atom. The number of nitrogens with zero attached hydrogens (tertiary/aromatic N) is 1. The van der Waals surface area contributed by atoms with Crippen molar-refractivity contribution in [2.45, 2.75) is 174 Å². The van der Waals surface area contributed by atoms with Crippen molar-refractivity contribution in [2.75, 3.05) is 41.2 Å². The van der Waals surface area contributed by atoms with E-state index in [4.69, 9.17) is 28.2 Å². The number of Topliss-reactive ketones (excluding diaryl/α,β-unsaturated/α-hetero) is 3. The Morgan fingerprint density at radius 3 is 2.23 bits per heavy atom. The van der Waals surface area contributed by atoms with Gasteiger partial charge in [0.2, 0.25) is 5.79 Å². The topological polar surface area (TPSA) is 205 Å². The lowest BCUT2D eigenvalue weighted by Crippen LogP contribution is -2.61. The van der Waals surface area contributed by atoms with Crippen molar-refractivity contribution in [3.8, 4) is 0 Å². The zero-order valence-corrected chi connectivity index (χ0v) is 44.2. The second kappa shape index (κ2) is 26.7. The van der Waals surface area contributed by atoms with Gasteiger partial charge >= 0.3 is 0 Å². The molecule has 1 saturated carbocycles. The van der Waals surface area contributed by atoms with Crippen LogP contribution in [0.1, 0.15) is 113 Å². The van der Waals surface area contributed by atoms with Crippen molar-refractivity contribution in [3.05, 3.63) is 59.8 Å². The molecule has 2 fully saturated rings. The molecule has 1 aliphatic carbocycles. The van der Waals surface area contributed by atoms with Gasteiger partial charge < -0.3 is 48.4 Å². The monoisotopic (exact) mass is 990 g/mol. The molecule has 3 heterocycles. The van der Waals surface area contributed by atoms with Crippen molar-refractivity contribution < 1.29 is 67.3 Å². The van der Waals surface area contributed by atoms with Gasteiger partial charge in [0, 0.05) is 71.8 Å². The molecule has 16 heteroatoms. The molecule has 16 atom stereocenters. The number of carbonyl (C=O) groups is 4. The molecule has 0 aromatic rings. The molecule has 3 aliphatic heterocycles. The molecule has 1 amide bonds. The number of hydrogen-bond acceptors (Lipinski definition) is 14. The smallest absolute Gasteiger partial charge is 0.296 e. The van der Waals surface area contributed by atoms with Crippen LogP contribution in [-0.4, -0.2) is 146 Å². The van der Waals surface area contributed by atoms with Crippen LogP contribution in [0.15, 0.2) is 59.8 Å². The van der Waals surface area contributed by atoms with Crippen molar-refractivity contribution in [1.29, 1.82) is 0 Å². The van der Waals surface area contributed by atoms with Gasteiger partial charge in [-0.05, 0) is 94.1 Å². The number of allylic oxidation sites excluding steroid dienone is 6. The van der Waals surface area contributed by atoms with E-state index in [0.717, 1.165) is 12.0 Å². The van der Waals surface area contributed by atoms with Crippen LogP contribution in [0.2, 0.25) is 0 Å². The highest BCUT2D eigenvalue weighted by molar-refractivity contribution is 7.57. The number of rotatable bonds is 8. The molecular weight excluding hydrogens is 906 g/mol. The van der Waals surface area contributed by atoms with Crippen molar-refractivity contribution in [3.63, 3.8) is 0 Å². The molecule has 2 bridgehead atoms. The first-order valence-corrected chi connectivity index (χ1v) is 27.5. The normalized spacial score (nSPS) is 40.0. The van der Waals surface area contributed by atoms with Crippen LogP contribution in [-0.2, 0) is 52.0 Å². The quantitative estimate of drug-likeness (QED) is 0.124. The summed E-state index contributed by atoms with van der Waals surface area (Å²) in [4.78, 5) is 57.8. The Balaban J connectivity index is 1.70. The van der Waals surface area contributed by atoms with E-state index in [9.17, 15) is 39.1 Å². The first-order valence-electron chi connectivity index (χ1n) is 24.9. The fraction of sp³-hybridized carbons (Fsp3) is 0.736. The average Bonchev–Trinajstić information content (AvgIpc) is 3.30. The van der Waals surface area contributed by atoms with Crippen LogP contribution in [0.3, 0.4) is 0 Å². The number of ether oxygens (including phenoxy) is 5. The lowest BCUT2D eigenvalue weighted by Gasteiger charge is -2.43. The number of methoxy groups -OCH3 is 3. The van der Waals surface area contributed by atoms with Gasteiger partial charge in [0.25, 0.3) is 11.7 Å². The number of aliphatic hydroxyl groups excluding tert-OH is 2. The molecule has 0 spiro atoms. The van der Waals surface area contributed by atoms with Crippen molar-refractivity contribution >= 4 is 30.6 Å².